The van der Waals surface area contributed by atoms with Crippen LogP contribution in [0.25, 0.3) is 82.8 Å². The maximum Gasteiger partial charge on any atom is 0.0547 e. The number of hydrogen-bond acceptors (Lipinski definition) is 1. The van der Waals surface area contributed by atoms with E-state index in [0.717, 1.165) is 22.6 Å². The van der Waals surface area contributed by atoms with Crippen molar-refractivity contribution in [1.82, 2.24) is 4.57 Å². The van der Waals surface area contributed by atoms with Crippen molar-refractivity contribution < 1.29 is 0 Å². The monoisotopic (exact) mass is 764 g/mol. The Morgan fingerprint density at radius 3 is 1.47 bits per heavy atom. The standard InChI is InChI=1S/C58H40N2/c1-3-17-41(18-4-1)42-33-35-43(36-34-42)44-37-39-47(40-38-44)59(53-28-12-9-24-48(53)45-19-5-2-6-20-45)55-29-13-10-25-50(55)51-27-16-32-57-58(51)52-26-11-14-30-56(52)60(57)54-31-15-22-46-21-7-8-23-49(46)54/h1-40H. The van der Waals surface area contributed by atoms with E-state index < -0.39 is 0 Å². The van der Waals surface area contributed by atoms with Crippen LogP contribution in [0.2, 0.25) is 0 Å². The molecule has 0 atom stereocenters. The van der Waals surface area contributed by atoms with Crippen LogP contribution in [-0.4, -0.2) is 4.57 Å². The molecule has 0 aliphatic carbocycles. The van der Waals surface area contributed by atoms with Gasteiger partial charge in [-0.3, -0.25) is 0 Å². The molecule has 0 amide bonds. The number of hydrogen-bond donors (Lipinski definition) is 0. The van der Waals surface area contributed by atoms with E-state index in [1.807, 2.05) is 0 Å². The average molecular weight is 765 g/mol. The Balaban J connectivity index is 1.10. The van der Waals surface area contributed by atoms with Crippen LogP contribution in [0.4, 0.5) is 17.1 Å². The zero-order valence-electron chi connectivity index (χ0n) is 33.0. The van der Waals surface area contributed by atoms with Crippen molar-refractivity contribution in [3.05, 3.63) is 243 Å². The number of rotatable bonds is 8. The lowest BCUT2D eigenvalue weighted by Gasteiger charge is -2.30. The minimum Gasteiger partial charge on any atom is -0.309 e. The van der Waals surface area contributed by atoms with Crippen molar-refractivity contribution in [2.75, 3.05) is 4.90 Å². The summed E-state index contributed by atoms with van der Waals surface area (Å²) in [5.41, 5.74) is 16.3. The van der Waals surface area contributed by atoms with Gasteiger partial charge in [-0.2, -0.15) is 0 Å². The van der Waals surface area contributed by atoms with Crippen LogP contribution in [0.5, 0.6) is 0 Å². The second-order valence-electron chi connectivity index (χ2n) is 15.3. The molecule has 0 radical (unpaired) electrons. The van der Waals surface area contributed by atoms with Crippen LogP contribution in [0.15, 0.2) is 243 Å². The molecule has 0 bridgehead atoms. The van der Waals surface area contributed by atoms with Gasteiger partial charge >= 0.3 is 0 Å². The molecule has 0 N–H and O–H groups in total. The van der Waals surface area contributed by atoms with Crippen LogP contribution in [0.3, 0.4) is 0 Å². The summed E-state index contributed by atoms with van der Waals surface area (Å²) >= 11 is 0. The number of fused-ring (bicyclic) bond motifs is 4. The van der Waals surface area contributed by atoms with Gasteiger partial charge in [-0.15, -0.1) is 0 Å². The molecule has 0 saturated heterocycles. The normalized spacial score (nSPS) is 11.3. The van der Waals surface area contributed by atoms with Gasteiger partial charge in [0.15, 0.2) is 0 Å². The Bertz CT molecular complexity index is 3280. The third-order valence-electron chi connectivity index (χ3n) is 11.8. The Morgan fingerprint density at radius 1 is 0.283 bits per heavy atom. The van der Waals surface area contributed by atoms with Gasteiger partial charge in [-0.1, -0.05) is 200 Å². The third kappa shape index (κ3) is 6.14. The fourth-order valence-electron chi connectivity index (χ4n) is 9.03. The fraction of sp³-hybridized carbons (Fsp3) is 0. The molecule has 10 aromatic carbocycles. The zero-order valence-corrected chi connectivity index (χ0v) is 33.0. The Hall–Kier alpha value is -7.94. The molecule has 0 aliphatic rings. The number of anilines is 3. The summed E-state index contributed by atoms with van der Waals surface area (Å²) in [6, 6.07) is 87.8. The van der Waals surface area contributed by atoms with E-state index in [9.17, 15) is 0 Å². The highest BCUT2D eigenvalue weighted by Crippen LogP contribution is 2.48. The Kier molecular flexibility index (Phi) is 8.87. The molecule has 11 rings (SSSR count). The first kappa shape index (κ1) is 35.2. The van der Waals surface area contributed by atoms with Crippen LogP contribution >= 0.6 is 0 Å². The summed E-state index contributed by atoms with van der Waals surface area (Å²) in [5, 5.41) is 4.92. The van der Waals surface area contributed by atoms with Crippen molar-refractivity contribution in [2.24, 2.45) is 0 Å². The van der Waals surface area contributed by atoms with Crippen molar-refractivity contribution in [3.63, 3.8) is 0 Å². The van der Waals surface area contributed by atoms with Gasteiger partial charge in [0.1, 0.15) is 0 Å². The third-order valence-corrected chi connectivity index (χ3v) is 11.8. The van der Waals surface area contributed by atoms with Crippen molar-refractivity contribution in [3.8, 4) is 50.2 Å². The van der Waals surface area contributed by atoms with Crippen LogP contribution < -0.4 is 4.90 Å². The molecule has 1 aromatic heterocycles. The Morgan fingerprint density at radius 2 is 0.750 bits per heavy atom. The van der Waals surface area contributed by atoms with E-state index >= 15 is 0 Å². The molecule has 1 heterocycles. The molecular formula is C58H40N2. The summed E-state index contributed by atoms with van der Waals surface area (Å²) in [6.07, 6.45) is 0. The number of nitrogens with zero attached hydrogens (tertiary/aromatic N) is 2. The molecule has 0 aliphatic heterocycles. The summed E-state index contributed by atoms with van der Waals surface area (Å²) in [7, 11) is 0. The summed E-state index contributed by atoms with van der Waals surface area (Å²) in [6.45, 7) is 0. The minimum atomic E-state index is 1.08. The van der Waals surface area contributed by atoms with Crippen LogP contribution in [0, 0.1) is 0 Å². The number of benzene rings is 10. The first-order valence-electron chi connectivity index (χ1n) is 20.6. The highest BCUT2D eigenvalue weighted by atomic mass is 15.1. The topological polar surface area (TPSA) is 8.17 Å². The maximum absolute atomic E-state index is 2.45. The first-order valence-corrected chi connectivity index (χ1v) is 20.6. The van der Waals surface area contributed by atoms with Crippen molar-refractivity contribution in [1.29, 1.82) is 0 Å². The second-order valence-corrected chi connectivity index (χ2v) is 15.3. The van der Waals surface area contributed by atoms with Gasteiger partial charge in [0.05, 0.1) is 28.1 Å². The molecule has 282 valence electrons. The lowest BCUT2D eigenvalue weighted by molar-refractivity contribution is 1.20. The smallest absolute Gasteiger partial charge is 0.0547 e. The van der Waals surface area contributed by atoms with Gasteiger partial charge in [0.2, 0.25) is 0 Å². The summed E-state index contributed by atoms with van der Waals surface area (Å²) < 4.78 is 2.45. The van der Waals surface area contributed by atoms with Gasteiger partial charge in [-0.25, -0.2) is 0 Å². The van der Waals surface area contributed by atoms with Crippen molar-refractivity contribution >= 4 is 49.6 Å². The fourth-order valence-corrected chi connectivity index (χ4v) is 9.03. The molecule has 0 unspecified atom stereocenters. The van der Waals surface area contributed by atoms with Gasteiger partial charge < -0.3 is 9.47 Å². The Labute approximate surface area is 350 Å². The molecule has 2 nitrogen and oxygen atoms in total. The average Bonchev–Trinajstić information content (AvgIpc) is 3.67. The molecule has 2 heteroatoms. The van der Waals surface area contributed by atoms with Gasteiger partial charge in [0.25, 0.3) is 0 Å². The van der Waals surface area contributed by atoms with E-state index in [4.69, 9.17) is 0 Å². The predicted octanol–water partition coefficient (Wildman–Crippen LogP) is 16.1. The van der Waals surface area contributed by atoms with Gasteiger partial charge in [-0.05, 0) is 81.2 Å². The quantitative estimate of drug-likeness (QED) is 0.150. The largest absolute Gasteiger partial charge is 0.309 e. The van der Waals surface area contributed by atoms with E-state index in [0.29, 0.717) is 0 Å². The van der Waals surface area contributed by atoms with E-state index in [-0.39, 0.29) is 0 Å². The maximum atomic E-state index is 2.45. The number of aromatic nitrogens is 1. The van der Waals surface area contributed by atoms with E-state index in [1.54, 1.807) is 0 Å². The lowest BCUT2D eigenvalue weighted by Crippen LogP contribution is -2.12. The highest BCUT2D eigenvalue weighted by Gasteiger charge is 2.23. The SMILES string of the molecule is c1ccc(-c2ccc(-c3ccc(N(c4ccccc4-c4ccccc4)c4ccccc4-c4cccc5c4c4ccccc4n5-c4cccc5ccccc45)cc3)cc2)cc1. The predicted molar refractivity (Wildman–Crippen MR) is 255 cm³/mol. The van der Waals surface area contributed by atoms with E-state index in [2.05, 4.69) is 252 Å². The zero-order chi connectivity index (χ0) is 39.8. The molecule has 11 aromatic rings. The summed E-state index contributed by atoms with van der Waals surface area (Å²) in [4.78, 5) is 2.45. The number of para-hydroxylation sites is 3. The molecule has 0 saturated carbocycles. The van der Waals surface area contributed by atoms with Crippen LogP contribution in [0.1, 0.15) is 0 Å². The molecule has 0 spiro atoms. The van der Waals surface area contributed by atoms with Gasteiger partial charge in [0, 0.05) is 33.0 Å². The van der Waals surface area contributed by atoms with E-state index in [1.165, 1.54) is 77.2 Å². The molecule has 60 heavy (non-hydrogen) atoms. The minimum absolute atomic E-state index is 1.08. The molecular weight excluding hydrogens is 725 g/mol. The highest BCUT2D eigenvalue weighted by molar-refractivity contribution is 6.17. The molecule has 0 fully saturated rings. The lowest BCUT2D eigenvalue weighted by atomic mass is 9.95. The summed E-state index contributed by atoms with van der Waals surface area (Å²) in [5.74, 6) is 0. The van der Waals surface area contributed by atoms with Crippen LogP contribution in [-0.2, 0) is 0 Å². The van der Waals surface area contributed by atoms with Crippen molar-refractivity contribution in [2.45, 2.75) is 0 Å². The second kappa shape index (κ2) is 15.1. The first-order chi connectivity index (χ1) is 29.8.